The highest BCUT2D eigenvalue weighted by Gasteiger charge is 2.36. The Kier molecular flexibility index (Phi) is 5.49. The van der Waals surface area contributed by atoms with Gasteiger partial charge in [0.15, 0.2) is 0 Å². The van der Waals surface area contributed by atoms with Gasteiger partial charge in [0.2, 0.25) is 5.90 Å². The minimum Gasteiger partial charge on any atom is -0.417 e. The molecule has 0 aromatic heterocycles. The van der Waals surface area contributed by atoms with Crippen molar-refractivity contribution in [2.24, 2.45) is 10.7 Å². The van der Waals surface area contributed by atoms with Gasteiger partial charge in [0.25, 0.3) is 0 Å². The van der Waals surface area contributed by atoms with Crippen LogP contribution in [0.3, 0.4) is 0 Å². The van der Waals surface area contributed by atoms with E-state index in [1.54, 1.807) is 0 Å². The Bertz CT molecular complexity index is 300. The van der Waals surface area contributed by atoms with Crippen LogP contribution in [0.2, 0.25) is 0 Å². The van der Waals surface area contributed by atoms with Crippen LogP contribution in [-0.2, 0) is 4.74 Å². The minimum atomic E-state index is -4.88. The van der Waals surface area contributed by atoms with Crippen molar-refractivity contribution < 1.29 is 26.7 Å². The third-order valence-corrected chi connectivity index (χ3v) is 1.69. The highest BCUT2D eigenvalue weighted by Crippen LogP contribution is 2.25. The summed E-state index contributed by atoms with van der Waals surface area (Å²) in [7, 11) is 0.980. The molecule has 0 saturated heterocycles. The third-order valence-electron chi connectivity index (χ3n) is 1.43. The molecular weight excluding hydrogens is 259 g/mol. The molecule has 0 saturated carbocycles. The normalized spacial score (nSPS) is 15.1. The van der Waals surface area contributed by atoms with Crippen molar-refractivity contribution in [1.82, 2.24) is 0 Å². The molecule has 0 bridgehead atoms. The van der Waals surface area contributed by atoms with Crippen LogP contribution < -0.4 is 5.73 Å². The smallest absolute Gasteiger partial charge is 0.417 e. The Balaban J connectivity index is 5.26. The van der Waals surface area contributed by atoms with Crippen LogP contribution in [-0.4, -0.2) is 31.6 Å². The first kappa shape index (κ1) is 14.9. The van der Waals surface area contributed by atoms with Crippen LogP contribution in [0.4, 0.5) is 22.0 Å². The number of nitrogens with two attached hydrogens (primary N) is 1. The van der Waals surface area contributed by atoms with Crippen molar-refractivity contribution in [2.75, 3.05) is 12.9 Å². The summed E-state index contributed by atoms with van der Waals surface area (Å²) in [5.41, 5.74) is 2.29. The molecule has 0 fully saturated rings. The van der Waals surface area contributed by atoms with Gasteiger partial charge in [0.1, 0.15) is 5.70 Å². The molecule has 0 radical (unpaired) electrons. The molecular formula is C7H8ClF5N2O. The van der Waals surface area contributed by atoms with E-state index in [1.165, 1.54) is 0 Å². The summed E-state index contributed by atoms with van der Waals surface area (Å²) in [6.07, 6.45) is -4.88. The van der Waals surface area contributed by atoms with Crippen LogP contribution in [0.5, 0.6) is 0 Å². The second-order valence-electron chi connectivity index (χ2n) is 2.43. The number of ether oxygens (including phenoxy) is 1. The SMILES string of the molecule is CN=C(OC(F)F)C(CCl)=C(N)C(F)(F)F. The number of halogens is 6. The fourth-order valence-electron chi connectivity index (χ4n) is 0.759. The Morgan fingerprint density at radius 3 is 2.19 bits per heavy atom. The van der Waals surface area contributed by atoms with Crippen LogP contribution in [0.1, 0.15) is 0 Å². The molecule has 0 aliphatic rings. The Morgan fingerprint density at radius 2 is 1.94 bits per heavy atom. The van der Waals surface area contributed by atoms with Crippen molar-refractivity contribution in [3.8, 4) is 0 Å². The van der Waals surface area contributed by atoms with Gasteiger partial charge in [0.05, 0.1) is 11.5 Å². The summed E-state index contributed by atoms with van der Waals surface area (Å²) in [5.74, 6) is -1.68. The molecule has 0 aliphatic carbocycles. The molecule has 9 heteroatoms. The second-order valence-corrected chi connectivity index (χ2v) is 2.70. The van der Waals surface area contributed by atoms with Crippen LogP contribution in [0, 0.1) is 0 Å². The lowest BCUT2D eigenvalue weighted by Gasteiger charge is -2.14. The molecule has 0 aromatic rings. The van der Waals surface area contributed by atoms with Crippen LogP contribution >= 0.6 is 11.6 Å². The van der Waals surface area contributed by atoms with Gasteiger partial charge in [0, 0.05) is 7.05 Å². The van der Waals surface area contributed by atoms with Crippen molar-refractivity contribution >= 4 is 17.5 Å². The number of nitrogens with zero attached hydrogens (tertiary/aromatic N) is 1. The maximum Gasteiger partial charge on any atom is 0.431 e. The van der Waals surface area contributed by atoms with Gasteiger partial charge in [-0.1, -0.05) is 0 Å². The molecule has 2 N–H and O–H groups in total. The van der Waals surface area contributed by atoms with E-state index < -0.39 is 35.8 Å². The van der Waals surface area contributed by atoms with Gasteiger partial charge < -0.3 is 10.5 Å². The summed E-state index contributed by atoms with van der Waals surface area (Å²) in [6, 6.07) is 0. The van der Waals surface area contributed by atoms with Gasteiger partial charge in [-0.25, -0.2) is 0 Å². The minimum absolute atomic E-state index is 0.745. The monoisotopic (exact) mass is 266 g/mol. The number of hydrogen-bond acceptors (Lipinski definition) is 3. The third kappa shape index (κ3) is 4.21. The molecule has 3 nitrogen and oxygen atoms in total. The van der Waals surface area contributed by atoms with E-state index in [9.17, 15) is 22.0 Å². The lowest BCUT2D eigenvalue weighted by Crippen LogP contribution is -2.27. The first-order valence-electron chi connectivity index (χ1n) is 3.77. The highest BCUT2D eigenvalue weighted by atomic mass is 35.5. The fraction of sp³-hybridized carbons (Fsp3) is 0.571. The largest absolute Gasteiger partial charge is 0.431 e. The lowest BCUT2D eigenvalue weighted by molar-refractivity contribution is -0.0941. The van der Waals surface area contributed by atoms with Crippen molar-refractivity contribution in [1.29, 1.82) is 0 Å². The lowest BCUT2D eigenvalue weighted by atomic mass is 10.2. The Morgan fingerprint density at radius 1 is 1.44 bits per heavy atom. The molecule has 0 spiro atoms. The standard InChI is InChI=1S/C7H8ClF5N2O/c1-15-5(16-6(9)10)3(2-8)4(14)7(11,12)13/h6H,2,14H2,1H3. The molecule has 0 heterocycles. The highest BCUT2D eigenvalue weighted by molar-refractivity contribution is 6.22. The number of rotatable bonds is 3. The van der Waals surface area contributed by atoms with E-state index >= 15 is 0 Å². The summed E-state index contributed by atoms with van der Waals surface area (Å²) < 4.78 is 64.0. The van der Waals surface area contributed by atoms with Gasteiger partial charge >= 0.3 is 12.8 Å². The van der Waals surface area contributed by atoms with Crippen molar-refractivity contribution in [2.45, 2.75) is 12.8 Å². The van der Waals surface area contributed by atoms with Gasteiger partial charge in [-0.05, 0) is 0 Å². The zero-order valence-corrected chi connectivity index (χ0v) is 8.74. The molecule has 0 atom stereocenters. The second kappa shape index (κ2) is 5.88. The zero-order chi connectivity index (χ0) is 12.9. The molecule has 16 heavy (non-hydrogen) atoms. The molecule has 0 amide bonds. The zero-order valence-electron chi connectivity index (χ0n) is 7.99. The first-order valence-corrected chi connectivity index (χ1v) is 4.31. The van der Waals surface area contributed by atoms with Crippen LogP contribution in [0.25, 0.3) is 0 Å². The van der Waals surface area contributed by atoms with E-state index in [1.807, 2.05) is 0 Å². The number of alkyl halides is 6. The number of hydrogen-bond donors (Lipinski definition) is 1. The van der Waals surface area contributed by atoms with Gasteiger partial charge in [-0.15, -0.1) is 11.6 Å². The quantitative estimate of drug-likeness (QED) is 0.369. The fourth-order valence-corrected chi connectivity index (χ4v) is 1.02. The molecule has 0 aliphatic heterocycles. The van der Waals surface area contributed by atoms with Gasteiger partial charge in [-0.2, -0.15) is 22.0 Å². The summed E-state index contributed by atoms with van der Waals surface area (Å²) >= 11 is 5.18. The summed E-state index contributed by atoms with van der Waals surface area (Å²) in [5, 5.41) is 0. The summed E-state index contributed by atoms with van der Waals surface area (Å²) in [6.45, 7) is -3.31. The first-order chi connectivity index (χ1) is 7.23. The predicted molar refractivity (Wildman–Crippen MR) is 48.4 cm³/mol. The average Bonchev–Trinajstić information content (AvgIpc) is 2.15. The van der Waals surface area contributed by atoms with E-state index in [-0.39, 0.29) is 0 Å². The van der Waals surface area contributed by atoms with E-state index in [0.717, 1.165) is 7.05 Å². The Labute approximate surface area is 92.7 Å². The predicted octanol–water partition coefficient (Wildman–Crippen LogP) is 2.27. The topological polar surface area (TPSA) is 47.6 Å². The molecule has 0 rings (SSSR count). The molecule has 0 unspecified atom stereocenters. The van der Waals surface area contributed by atoms with Crippen molar-refractivity contribution in [3.05, 3.63) is 11.3 Å². The van der Waals surface area contributed by atoms with Gasteiger partial charge in [-0.3, -0.25) is 4.99 Å². The molecule has 0 aromatic carbocycles. The molecule has 94 valence electrons. The maximum atomic E-state index is 12.2. The summed E-state index contributed by atoms with van der Waals surface area (Å²) in [4.78, 5) is 3.13. The van der Waals surface area contributed by atoms with E-state index in [4.69, 9.17) is 17.3 Å². The average molecular weight is 267 g/mol. The van der Waals surface area contributed by atoms with Crippen LogP contribution in [0.15, 0.2) is 16.3 Å². The van der Waals surface area contributed by atoms with Crippen molar-refractivity contribution in [3.63, 3.8) is 0 Å². The number of allylic oxidation sites excluding steroid dienone is 1. The maximum absolute atomic E-state index is 12.2. The van der Waals surface area contributed by atoms with E-state index in [0.29, 0.717) is 0 Å². The number of aliphatic imine (C=N–C) groups is 1. The Hall–Kier alpha value is -1.05. The van der Waals surface area contributed by atoms with E-state index in [2.05, 4.69) is 9.73 Å².